The molecule has 1 aliphatic carbocycles. The molecule has 0 aliphatic heterocycles. The molecular formula is C19H24N2O. The molecule has 0 radical (unpaired) electrons. The van der Waals surface area contributed by atoms with E-state index in [2.05, 4.69) is 41.6 Å². The molecule has 3 heteroatoms. The summed E-state index contributed by atoms with van der Waals surface area (Å²) in [5.74, 6) is 1.45. The molecule has 2 aromatic rings. The maximum atomic E-state index is 5.80. The highest BCUT2D eigenvalue weighted by molar-refractivity contribution is 5.23. The van der Waals surface area contributed by atoms with Gasteiger partial charge in [0, 0.05) is 17.7 Å². The lowest BCUT2D eigenvalue weighted by Gasteiger charge is -2.27. The van der Waals surface area contributed by atoms with Gasteiger partial charge in [0.2, 0.25) is 0 Å². The summed E-state index contributed by atoms with van der Waals surface area (Å²) >= 11 is 0. The highest BCUT2D eigenvalue weighted by atomic mass is 16.5. The molecule has 116 valence electrons. The number of nitrogens with one attached hydrogen (secondary N) is 1. The van der Waals surface area contributed by atoms with Crippen molar-refractivity contribution >= 4 is 0 Å². The van der Waals surface area contributed by atoms with E-state index in [0.717, 1.165) is 5.75 Å². The molecule has 0 spiro atoms. The van der Waals surface area contributed by atoms with Gasteiger partial charge in [0.05, 0.1) is 6.20 Å². The smallest absolute Gasteiger partial charge is 0.138 e. The molecule has 1 fully saturated rings. The third kappa shape index (κ3) is 3.86. The van der Waals surface area contributed by atoms with Crippen molar-refractivity contribution in [2.75, 3.05) is 7.05 Å². The van der Waals surface area contributed by atoms with E-state index in [1.807, 2.05) is 24.4 Å². The number of aromatic nitrogens is 1. The van der Waals surface area contributed by atoms with E-state index in [9.17, 15) is 0 Å². The second-order valence-corrected chi connectivity index (χ2v) is 6.03. The molecule has 22 heavy (non-hydrogen) atoms. The standard InChI is InChI=1S/C19H24N2O/c1-20-17-9-7-16(8-10-17)19-12-11-18(13-21-19)22-14-15-5-3-2-4-6-15/h2-6,11-13,16-17,20H,7-10,14H2,1H3. The summed E-state index contributed by atoms with van der Waals surface area (Å²) in [6.45, 7) is 0.592. The summed E-state index contributed by atoms with van der Waals surface area (Å²) in [7, 11) is 2.06. The predicted octanol–water partition coefficient (Wildman–Crippen LogP) is 3.91. The lowest BCUT2D eigenvalue weighted by Crippen LogP contribution is -2.29. The molecule has 0 amide bonds. The summed E-state index contributed by atoms with van der Waals surface area (Å²) in [5.41, 5.74) is 2.39. The van der Waals surface area contributed by atoms with Crippen LogP contribution in [0.3, 0.4) is 0 Å². The molecule has 1 saturated carbocycles. The minimum absolute atomic E-state index is 0.592. The lowest BCUT2D eigenvalue weighted by atomic mass is 9.84. The normalized spacial score (nSPS) is 21.5. The summed E-state index contributed by atoms with van der Waals surface area (Å²) in [4.78, 5) is 4.62. The first-order valence-electron chi connectivity index (χ1n) is 8.15. The van der Waals surface area contributed by atoms with Crippen LogP contribution < -0.4 is 10.1 Å². The van der Waals surface area contributed by atoms with Crippen molar-refractivity contribution in [3.63, 3.8) is 0 Å². The summed E-state index contributed by atoms with van der Waals surface area (Å²) < 4.78 is 5.80. The molecule has 3 nitrogen and oxygen atoms in total. The van der Waals surface area contributed by atoms with Crippen molar-refractivity contribution in [2.45, 2.75) is 44.2 Å². The maximum absolute atomic E-state index is 5.80. The van der Waals surface area contributed by atoms with Gasteiger partial charge in [-0.15, -0.1) is 0 Å². The summed E-state index contributed by atoms with van der Waals surface area (Å²) in [6, 6.07) is 15.1. The van der Waals surface area contributed by atoms with E-state index < -0.39 is 0 Å². The van der Waals surface area contributed by atoms with Crippen LogP contribution >= 0.6 is 0 Å². The Hall–Kier alpha value is -1.87. The van der Waals surface area contributed by atoms with E-state index in [0.29, 0.717) is 18.6 Å². The van der Waals surface area contributed by atoms with Crippen molar-refractivity contribution in [2.24, 2.45) is 0 Å². The van der Waals surface area contributed by atoms with Crippen LogP contribution in [-0.2, 0) is 6.61 Å². The van der Waals surface area contributed by atoms with Crippen molar-refractivity contribution in [3.05, 3.63) is 59.9 Å². The maximum Gasteiger partial charge on any atom is 0.138 e. The first-order valence-corrected chi connectivity index (χ1v) is 8.15. The fourth-order valence-corrected chi connectivity index (χ4v) is 3.14. The predicted molar refractivity (Wildman–Crippen MR) is 89.1 cm³/mol. The zero-order valence-corrected chi connectivity index (χ0v) is 13.2. The first kappa shape index (κ1) is 15.0. The van der Waals surface area contributed by atoms with E-state index in [1.54, 1.807) is 0 Å². The molecule has 0 atom stereocenters. The molecule has 1 aliphatic rings. The fraction of sp³-hybridized carbons (Fsp3) is 0.421. The van der Waals surface area contributed by atoms with Crippen LogP contribution in [0.5, 0.6) is 5.75 Å². The van der Waals surface area contributed by atoms with Crippen LogP contribution in [0.1, 0.15) is 42.9 Å². The fourth-order valence-electron chi connectivity index (χ4n) is 3.14. The Morgan fingerprint density at radius 1 is 1.05 bits per heavy atom. The highest BCUT2D eigenvalue weighted by Crippen LogP contribution is 2.32. The average molecular weight is 296 g/mol. The van der Waals surface area contributed by atoms with Gasteiger partial charge in [-0.3, -0.25) is 4.98 Å². The van der Waals surface area contributed by atoms with Crippen LogP contribution in [-0.4, -0.2) is 18.1 Å². The third-order valence-electron chi connectivity index (χ3n) is 4.56. The second-order valence-electron chi connectivity index (χ2n) is 6.03. The van der Waals surface area contributed by atoms with Gasteiger partial charge in [-0.05, 0) is 50.4 Å². The van der Waals surface area contributed by atoms with Gasteiger partial charge < -0.3 is 10.1 Å². The van der Waals surface area contributed by atoms with Gasteiger partial charge in [-0.2, -0.15) is 0 Å². The Bertz CT molecular complexity index is 560. The zero-order chi connectivity index (χ0) is 15.2. The van der Waals surface area contributed by atoms with Crippen LogP contribution in [0, 0.1) is 0 Å². The van der Waals surface area contributed by atoms with Crippen LogP contribution in [0.2, 0.25) is 0 Å². The van der Waals surface area contributed by atoms with E-state index in [1.165, 1.54) is 36.9 Å². The Labute approximate surface area is 132 Å². The Morgan fingerprint density at radius 2 is 1.82 bits per heavy atom. The second kappa shape index (κ2) is 7.41. The topological polar surface area (TPSA) is 34.1 Å². The molecule has 0 saturated heterocycles. The summed E-state index contributed by atoms with van der Waals surface area (Å²) in [5, 5.41) is 3.38. The first-order chi connectivity index (χ1) is 10.8. The van der Waals surface area contributed by atoms with Gasteiger partial charge >= 0.3 is 0 Å². The monoisotopic (exact) mass is 296 g/mol. The van der Waals surface area contributed by atoms with Crippen molar-refractivity contribution in [3.8, 4) is 5.75 Å². The number of rotatable bonds is 5. The van der Waals surface area contributed by atoms with Crippen molar-refractivity contribution in [1.29, 1.82) is 0 Å². The Morgan fingerprint density at radius 3 is 2.45 bits per heavy atom. The largest absolute Gasteiger partial charge is 0.487 e. The number of hydrogen-bond donors (Lipinski definition) is 1. The van der Waals surface area contributed by atoms with Gasteiger partial charge in [0.15, 0.2) is 0 Å². The van der Waals surface area contributed by atoms with E-state index >= 15 is 0 Å². The SMILES string of the molecule is CNC1CCC(c2ccc(OCc3ccccc3)cn2)CC1. The van der Waals surface area contributed by atoms with Crippen LogP contribution in [0.4, 0.5) is 0 Å². The molecule has 1 N–H and O–H groups in total. The van der Waals surface area contributed by atoms with Gasteiger partial charge in [0.25, 0.3) is 0 Å². The molecule has 3 rings (SSSR count). The summed E-state index contributed by atoms with van der Waals surface area (Å²) in [6.07, 6.45) is 6.80. The number of pyridine rings is 1. The number of hydrogen-bond acceptors (Lipinski definition) is 3. The molecular weight excluding hydrogens is 272 g/mol. The number of nitrogens with zero attached hydrogens (tertiary/aromatic N) is 1. The van der Waals surface area contributed by atoms with E-state index in [4.69, 9.17) is 4.74 Å². The molecule has 0 bridgehead atoms. The minimum Gasteiger partial charge on any atom is -0.487 e. The lowest BCUT2D eigenvalue weighted by molar-refractivity contribution is 0.304. The molecule has 0 unspecified atom stereocenters. The zero-order valence-electron chi connectivity index (χ0n) is 13.2. The van der Waals surface area contributed by atoms with Crippen molar-refractivity contribution in [1.82, 2.24) is 10.3 Å². The minimum atomic E-state index is 0.592. The Balaban J connectivity index is 1.54. The average Bonchev–Trinajstić information content (AvgIpc) is 2.61. The quantitative estimate of drug-likeness (QED) is 0.908. The van der Waals surface area contributed by atoms with Gasteiger partial charge in [0.1, 0.15) is 12.4 Å². The molecule has 1 aromatic heterocycles. The Kier molecular flexibility index (Phi) is 5.07. The van der Waals surface area contributed by atoms with E-state index in [-0.39, 0.29) is 0 Å². The van der Waals surface area contributed by atoms with Crippen LogP contribution in [0.25, 0.3) is 0 Å². The van der Waals surface area contributed by atoms with Gasteiger partial charge in [-0.25, -0.2) is 0 Å². The highest BCUT2D eigenvalue weighted by Gasteiger charge is 2.22. The molecule has 1 aromatic carbocycles. The number of ether oxygens (including phenoxy) is 1. The van der Waals surface area contributed by atoms with Crippen molar-refractivity contribution < 1.29 is 4.74 Å². The molecule has 1 heterocycles. The number of benzene rings is 1. The third-order valence-corrected chi connectivity index (χ3v) is 4.56. The van der Waals surface area contributed by atoms with Crippen LogP contribution in [0.15, 0.2) is 48.7 Å². The van der Waals surface area contributed by atoms with Gasteiger partial charge in [-0.1, -0.05) is 30.3 Å².